The van der Waals surface area contributed by atoms with Crippen molar-refractivity contribution in [2.75, 3.05) is 6.54 Å². The first-order chi connectivity index (χ1) is 15.2. The molecule has 0 aliphatic carbocycles. The van der Waals surface area contributed by atoms with Gasteiger partial charge in [0, 0.05) is 24.1 Å². The van der Waals surface area contributed by atoms with Gasteiger partial charge in [-0.05, 0) is 59.4 Å². The molecule has 4 heteroatoms. The lowest BCUT2D eigenvalue weighted by molar-refractivity contribution is -0.121. The predicted molar refractivity (Wildman–Crippen MR) is 132 cm³/mol. The number of hydrogen-bond acceptors (Lipinski definition) is 3. The van der Waals surface area contributed by atoms with Crippen LogP contribution in [-0.4, -0.2) is 17.4 Å². The molecule has 0 atom stereocenters. The molecule has 3 aromatic rings. The average Bonchev–Trinajstić information content (AvgIpc) is 2.79. The van der Waals surface area contributed by atoms with E-state index < -0.39 is 0 Å². The zero-order valence-electron chi connectivity index (χ0n) is 18.4. The summed E-state index contributed by atoms with van der Waals surface area (Å²) in [6.45, 7) is 6.83. The van der Waals surface area contributed by atoms with Crippen LogP contribution in [0.5, 0.6) is 0 Å². The number of nitrogens with one attached hydrogen (secondary N) is 1. The Balaban J connectivity index is 1.77. The second-order valence-corrected chi connectivity index (χ2v) is 8.79. The van der Waals surface area contributed by atoms with Crippen LogP contribution in [0.1, 0.15) is 50.2 Å². The first-order valence-electron chi connectivity index (χ1n) is 11.2. The van der Waals surface area contributed by atoms with Crippen molar-refractivity contribution in [2.45, 2.75) is 61.8 Å². The summed E-state index contributed by atoms with van der Waals surface area (Å²) in [6.07, 6.45) is 10.5. The number of carbonyl (C=O) groups excluding carboxylic acids is 1. The molecule has 1 amide bonds. The zero-order valence-corrected chi connectivity index (χ0v) is 19.2. The topological polar surface area (TPSA) is 42.0 Å². The highest BCUT2D eigenvalue weighted by Gasteiger charge is 2.12. The highest BCUT2D eigenvalue weighted by molar-refractivity contribution is 7.99. The zero-order chi connectivity index (χ0) is 21.9. The van der Waals surface area contributed by atoms with E-state index in [1.165, 1.54) is 39.6 Å². The highest BCUT2D eigenvalue weighted by Crippen LogP contribution is 2.35. The second kappa shape index (κ2) is 12.3. The standard InChI is InChI=1S/C27H32N2OS/c1-3-5-6-7-14-25(30)28-20-18-22-13-10-12-21-16-17-24(23(11-4-2)27(21)22)31-26-15-8-9-19-29-26/h4,8-10,12-13,15-17,19H,2-3,5-7,11,14,18,20H2,1H3,(H,28,30). The quantitative estimate of drug-likeness (QED) is 0.254. The monoisotopic (exact) mass is 432 g/mol. The summed E-state index contributed by atoms with van der Waals surface area (Å²) in [6, 6.07) is 16.8. The van der Waals surface area contributed by atoms with E-state index in [9.17, 15) is 4.79 Å². The molecule has 0 bridgehead atoms. The van der Waals surface area contributed by atoms with Crippen LogP contribution in [0.2, 0.25) is 0 Å². The summed E-state index contributed by atoms with van der Waals surface area (Å²) in [4.78, 5) is 17.8. The smallest absolute Gasteiger partial charge is 0.220 e. The third-order valence-corrected chi connectivity index (χ3v) is 6.42. The third-order valence-electron chi connectivity index (χ3n) is 5.37. The van der Waals surface area contributed by atoms with Gasteiger partial charge in [-0.25, -0.2) is 4.98 Å². The molecule has 162 valence electrons. The van der Waals surface area contributed by atoms with E-state index in [2.05, 4.69) is 54.1 Å². The van der Waals surface area contributed by atoms with Gasteiger partial charge in [-0.15, -0.1) is 6.58 Å². The molecule has 0 aliphatic heterocycles. The van der Waals surface area contributed by atoms with Gasteiger partial charge in [0.2, 0.25) is 5.91 Å². The number of benzene rings is 2. The van der Waals surface area contributed by atoms with Gasteiger partial charge in [0.1, 0.15) is 5.03 Å². The SMILES string of the molecule is C=CCc1c(Sc2ccccn2)ccc2cccc(CCNC(=O)CCCCCC)c12. The lowest BCUT2D eigenvalue weighted by Crippen LogP contribution is -2.25. The summed E-state index contributed by atoms with van der Waals surface area (Å²) in [5.74, 6) is 0.161. The molecule has 0 spiro atoms. The molecule has 0 radical (unpaired) electrons. The molecule has 3 nitrogen and oxygen atoms in total. The molecular formula is C27H32N2OS. The molecule has 0 saturated carbocycles. The van der Waals surface area contributed by atoms with Crippen molar-refractivity contribution in [1.82, 2.24) is 10.3 Å². The normalized spacial score (nSPS) is 10.9. The first-order valence-corrected chi connectivity index (χ1v) is 12.0. The minimum atomic E-state index is 0.161. The van der Waals surface area contributed by atoms with Crippen molar-refractivity contribution in [1.29, 1.82) is 0 Å². The fraction of sp³-hybridized carbons (Fsp3) is 0.333. The number of pyridine rings is 1. The number of nitrogens with zero attached hydrogens (tertiary/aromatic N) is 1. The van der Waals surface area contributed by atoms with Gasteiger partial charge < -0.3 is 5.32 Å². The van der Waals surface area contributed by atoms with Gasteiger partial charge >= 0.3 is 0 Å². The Kier molecular flexibility index (Phi) is 9.16. The van der Waals surface area contributed by atoms with Crippen molar-refractivity contribution in [3.8, 4) is 0 Å². The fourth-order valence-electron chi connectivity index (χ4n) is 3.82. The summed E-state index contributed by atoms with van der Waals surface area (Å²) < 4.78 is 0. The second-order valence-electron chi connectivity index (χ2n) is 7.73. The predicted octanol–water partition coefficient (Wildman–Crippen LogP) is 6.74. The molecule has 0 saturated heterocycles. The van der Waals surface area contributed by atoms with E-state index in [4.69, 9.17) is 0 Å². The number of hydrogen-bond donors (Lipinski definition) is 1. The van der Waals surface area contributed by atoms with Gasteiger partial charge in [0.25, 0.3) is 0 Å². The molecule has 2 aromatic carbocycles. The molecule has 0 aliphatic rings. The number of allylic oxidation sites excluding steroid dienone is 1. The molecule has 1 aromatic heterocycles. The molecule has 1 N–H and O–H groups in total. The summed E-state index contributed by atoms with van der Waals surface area (Å²) in [5, 5.41) is 6.60. The van der Waals surface area contributed by atoms with Crippen LogP contribution < -0.4 is 5.32 Å². The van der Waals surface area contributed by atoms with E-state index in [1.54, 1.807) is 11.8 Å². The lowest BCUT2D eigenvalue weighted by Gasteiger charge is -2.15. The van der Waals surface area contributed by atoms with Gasteiger partial charge in [0.15, 0.2) is 0 Å². The van der Waals surface area contributed by atoms with Crippen molar-refractivity contribution in [3.63, 3.8) is 0 Å². The van der Waals surface area contributed by atoms with Crippen LogP contribution >= 0.6 is 11.8 Å². The number of rotatable bonds is 12. The molecule has 0 fully saturated rings. The Labute approximate surface area is 190 Å². The molecule has 1 heterocycles. The number of aromatic nitrogens is 1. The Morgan fingerprint density at radius 1 is 1.10 bits per heavy atom. The third kappa shape index (κ3) is 6.70. The Hall–Kier alpha value is -2.59. The average molecular weight is 433 g/mol. The molecule has 3 rings (SSSR count). The largest absolute Gasteiger partial charge is 0.356 e. The van der Waals surface area contributed by atoms with Crippen LogP contribution in [0.25, 0.3) is 10.8 Å². The lowest BCUT2D eigenvalue weighted by atomic mass is 9.95. The number of unbranched alkanes of at least 4 members (excludes halogenated alkanes) is 3. The van der Waals surface area contributed by atoms with Crippen LogP contribution in [0.4, 0.5) is 0 Å². The number of fused-ring (bicyclic) bond motifs is 1. The minimum absolute atomic E-state index is 0.161. The van der Waals surface area contributed by atoms with E-state index in [-0.39, 0.29) is 5.91 Å². The number of amides is 1. The van der Waals surface area contributed by atoms with E-state index in [0.29, 0.717) is 13.0 Å². The van der Waals surface area contributed by atoms with Crippen molar-refractivity contribution in [2.24, 2.45) is 0 Å². The summed E-state index contributed by atoms with van der Waals surface area (Å²) >= 11 is 1.69. The molecule has 31 heavy (non-hydrogen) atoms. The van der Waals surface area contributed by atoms with Crippen molar-refractivity contribution < 1.29 is 4.79 Å². The van der Waals surface area contributed by atoms with Gasteiger partial charge in [-0.2, -0.15) is 0 Å². The van der Waals surface area contributed by atoms with Crippen LogP contribution in [0, 0.1) is 0 Å². The number of carbonyl (C=O) groups is 1. The van der Waals surface area contributed by atoms with E-state index >= 15 is 0 Å². The summed E-state index contributed by atoms with van der Waals surface area (Å²) in [7, 11) is 0. The van der Waals surface area contributed by atoms with Crippen molar-refractivity contribution >= 4 is 28.4 Å². The maximum atomic E-state index is 12.2. The summed E-state index contributed by atoms with van der Waals surface area (Å²) in [5.41, 5.74) is 2.55. The Morgan fingerprint density at radius 2 is 2.00 bits per heavy atom. The van der Waals surface area contributed by atoms with E-state index in [0.717, 1.165) is 30.7 Å². The van der Waals surface area contributed by atoms with Gasteiger partial charge in [-0.1, -0.05) is 74.4 Å². The van der Waals surface area contributed by atoms with Gasteiger partial charge in [0.05, 0.1) is 0 Å². The van der Waals surface area contributed by atoms with Gasteiger partial charge in [-0.3, -0.25) is 4.79 Å². The highest BCUT2D eigenvalue weighted by atomic mass is 32.2. The van der Waals surface area contributed by atoms with Crippen LogP contribution in [0.3, 0.4) is 0 Å². The van der Waals surface area contributed by atoms with Crippen LogP contribution in [0.15, 0.2) is 77.3 Å². The maximum Gasteiger partial charge on any atom is 0.220 e. The Bertz CT molecular complexity index is 1000. The molecule has 0 unspecified atom stereocenters. The maximum absolute atomic E-state index is 12.2. The first kappa shape index (κ1) is 23.1. The van der Waals surface area contributed by atoms with Crippen molar-refractivity contribution in [3.05, 3.63) is 78.5 Å². The molecular weight excluding hydrogens is 400 g/mol. The fourth-order valence-corrected chi connectivity index (χ4v) is 4.75. The van der Waals surface area contributed by atoms with E-state index in [1.807, 2.05) is 30.5 Å². The minimum Gasteiger partial charge on any atom is -0.356 e. The Morgan fingerprint density at radius 3 is 2.77 bits per heavy atom. The van der Waals surface area contributed by atoms with Crippen LogP contribution in [-0.2, 0) is 17.6 Å².